The summed E-state index contributed by atoms with van der Waals surface area (Å²) in [4.78, 5) is 11.7. The molecular formula is C13H20N2O4. The minimum atomic E-state index is -0.224. The molecule has 1 heterocycles. The van der Waals surface area contributed by atoms with Crippen molar-refractivity contribution in [3.8, 4) is 0 Å². The molecular weight excluding hydrogens is 248 g/mol. The Morgan fingerprint density at radius 2 is 2.42 bits per heavy atom. The molecule has 106 valence electrons. The Kier molecular flexibility index (Phi) is 4.81. The van der Waals surface area contributed by atoms with Crippen molar-refractivity contribution < 1.29 is 18.7 Å². The molecule has 1 aliphatic rings. The lowest BCUT2D eigenvalue weighted by molar-refractivity contribution is -0.128. The zero-order valence-electron chi connectivity index (χ0n) is 11.2. The average Bonchev–Trinajstić information content (AvgIpc) is 2.88. The van der Waals surface area contributed by atoms with Crippen LogP contribution in [0.3, 0.4) is 0 Å². The van der Waals surface area contributed by atoms with Gasteiger partial charge in [0.1, 0.15) is 11.9 Å². The van der Waals surface area contributed by atoms with Crippen LogP contribution in [0.5, 0.6) is 0 Å². The van der Waals surface area contributed by atoms with Crippen molar-refractivity contribution in [2.24, 2.45) is 0 Å². The lowest BCUT2D eigenvalue weighted by Crippen LogP contribution is -2.62. The lowest BCUT2D eigenvalue weighted by atomic mass is 9.85. The first-order valence-electron chi connectivity index (χ1n) is 6.45. The second kappa shape index (κ2) is 6.58. The number of amides is 2. The molecule has 1 aliphatic carbocycles. The predicted octanol–water partition coefficient (Wildman–Crippen LogP) is 1.27. The van der Waals surface area contributed by atoms with E-state index in [0.29, 0.717) is 13.2 Å². The average molecular weight is 268 g/mol. The van der Waals surface area contributed by atoms with Crippen molar-refractivity contribution in [3.05, 3.63) is 24.2 Å². The molecule has 3 atom stereocenters. The summed E-state index contributed by atoms with van der Waals surface area (Å²) in [5.41, 5.74) is 0. The molecule has 0 bridgehead atoms. The first kappa shape index (κ1) is 13.9. The summed E-state index contributed by atoms with van der Waals surface area (Å²) < 4.78 is 16.0. The largest absolute Gasteiger partial charge is 0.467 e. The Bertz CT molecular complexity index is 393. The van der Waals surface area contributed by atoms with Gasteiger partial charge in [0.05, 0.1) is 25.0 Å². The maximum Gasteiger partial charge on any atom is 0.315 e. The Labute approximate surface area is 112 Å². The molecule has 1 aromatic rings. The first-order chi connectivity index (χ1) is 9.24. The van der Waals surface area contributed by atoms with Gasteiger partial charge in [-0.1, -0.05) is 0 Å². The van der Waals surface area contributed by atoms with E-state index in [0.717, 1.165) is 12.2 Å². The molecule has 0 unspecified atom stereocenters. The van der Waals surface area contributed by atoms with Gasteiger partial charge in [-0.25, -0.2) is 4.79 Å². The van der Waals surface area contributed by atoms with E-state index in [1.54, 1.807) is 19.4 Å². The Morgan fingerprint density at radius 1 is 1.58 bits per heavy atom. The normalized spacial score (nSPS) is 25.7. The topological polar surface area (TPSA) is 72.7 Å². The van der Waals surface area contributed by atoms with Crippen molar-refractivity contribution in [2.45, 2.75) is 38.1 Å². The van der Waals surface area contributed by atoms with E-state index >= 15 is 0 Å². The van der Waals surface area contributed by atoms with Crippen LogP contribution in [0, 0.1) is 0 Å². The van der Waals surface area contributed by atoms with Crippen molar-refractivity contribution in [2.75, 3.05) is 13.7 Å². The zero-order valence-corrected chi connectivity index (χ0v) is 11.2. The van der Waals surface area contributed by atoms with Crippen LogP contribution in [-0.4, -0.2) is 38.0 Å². The van der Waals surface area contributed by atoms with Crippen LogP contribution in [0.25, 0.3) is 0 Å². The van der Waals surface area contributed by atoms with Crippen LogP contribution >= 0.6 is 0 Å². The highest BCUT2D eigenvalue weighted by molar-refractivity contribution is 5.74. The highest BCUT2D eigenvalue weighted by Gasteiger charge is 2.42. The van der Waals surface area contributed by atoms with Gasteiger partial charge >= 0.3 is 6.03 Å². The Hall–Kier alpha value is -1.53. The molecule has 0 aliphatic heterocycles. The monoisotopic (exact) mass is 268 g/mol. The fraction of sp³-hybridized carbons (Fsp3) is 0.615. The number of hydrogen-bond donors (Lipinski definition) is 2. The van der Waals surface area contributed by atoms with E-state index < -0.39 is 0 Å². The van der Waals surface area contributed by atoms with Gasteiger partial charge in [0, 0.05) is 13.7 Å². The van der Waals surface area contributed by atoms with Crippen molar-refractivity contribution >= 4 is 6.03 Å². The summed E-state index contributed by atoms with van der Waals surface area (Å²) in [6.45, 7) is 2.98. The van der Waals surface area contributed by atoms with Gasteiger partial charge in [-0.2, -0.15) is 0 Å². The Morgan fingerprint density at radius 3 is 3.05 bits per heavy atom. The molecule has 6 nitrogen and oxygen atoms in total. The van der Waals surface area contributed by atoms with Gasteiger partial charge in [0.15, 0.2) is 0 Å². The minimum Gasteiger partial charge on any atom is -0.467 e. The molecule has 2 N–H and O–H groups in total. The molecule has 2 amide bonds. The summed E-state index contributed by atoms with van der Waals surface area (Å²) in [7, 11) is 1.63. The summed E-state index contributed by atoms with van der Waals surface area (Å²) in [5.74, 6) is 0.722. The summed E-state index contributed by atoms with van der Waals surface area (Å²) in [6, 6.07) is 3.37. The molecule has 2 rings (SSSR count). The van der Waals surface area contributed by atoms with E-state index in [4.69, 9.17) is 13.9 Å². The molecule has 0 saturated heterocycles. The SMILES string of the molecule is CCO[C@@H]1C[C@H](NC(=O)NCc2ccco2)[C@H]1OC. The molecule has 0 radical (unpaired) electrons. The smallest absolute Gasteiger partial charge is 0.315 e. The fourth-order valence-electron chi connectivity index (χ4n) is 2.22. The number of carbonyl (C=O) groups is 1. The molecule has 0 aromatic carbocycles. The number of nitrogens with one attached hydrogen (secondary N) is 2. The lowest BCUT2D eigenvalue weighted by Gasteiger charge is -2.43. The molecule has 1 fully saturated rings. The summed E-state index contributed by atoms with van der Waals surface area (Å²) in [5, 5.41) is 5.61. The second-order valence-electron chi connectivity index (χ2n) is 4.44. The van der Waals surface area contributed by atoms with Crippen LogP contribution in [0.2, 0.25) is 0 Å². The molecule has 1 saturated carbocycles. The number of furan rings is 1. The number of ether oxygens (including phenoxy) is 2. The van der Waals surface area contributed by atoms with Crippen LogP contribution in [0.15, 0.2) is 22.8 Å². The number of hydrogen-bond acceptors (Lipinski definition) is 4. The minimum absolute atomic E-state index is 0.00171. The predicted molar refractivity (Wildman–Crippen MR) is 68.7 cm³/mol. The van der Waals surface area contributed by atoms with Gasteiger partial charge in [-0.3, -0.25) is 0 Å². The van der Waals surface area contributed by atoms with Gasteiger partial charge in [0.2, 0.25) is 0 Å². The first-order valence-corrected chi connectivity index (χ1v) is 6.45. The molecule has 1 aromatic heterocycles. The molecule has 19 heavy (non-hydrogen) atoms. The fourth-order valence-corrected chi connectivity index (χ4v) is 2.22. The maximum atomic E-state index is 11.7. The number of rotatable bonds is 6. The van der Waals surface area contributed by atoms with Crippen LogP contribution < -0.4 is 10.6 Å². The van der Waals surface area contributed by atoms with Crippen molar-refractivity contribution in [1.29, 1.82) is 0 Å². The highest BCUT2D eigenvalue weighted by atomic mass is 16.5. The summed E-state index contributed by atoms with van der Waals surface area (Å²) >= 11 is 0. The van der Waals surface area contributed by atoms with Crippen LogP contribution in [-0.2, 0) is 16.0 Å². The zero-order chi connectivity index (χ0) is 13.7. The Balaban J connectivity index is 1.71. The maximum absolute atomic E-state index is 11.7. The van der Waals surface area contributed by atoms with Crippen molar-refractivity contribution in [1.82, 2.24) is 10.6 Å². The third-order valence-corrected chi connectivity index (χ3v) is 3.22. The van der Waals surface area contributed by atoms with Gasteiger partial charge in [-0.05, 0) is 25.5 Å². The van der Waals surface area contributed by atoms with E-state index in [-0.39, 0.29) is 24.3 Å². The standard InChI is InChI=1S/C13H20N2O4/c1-3-18-11-7-10(12(11)17-2)15-13(16)14-8-9-5-4-6-19-9/h4-6,10-12H,3,7-8H2,1-2H3,(H2,14,15,16)/t10-,11+,12+/m0/s1. The molecule has 6 heteroatoms. The van der Waals surface area contributed by atoms with E-state index in [2.05, 4.69) is 10.6 Å². The van der Waals surface area contributed by atoms with Gasteiger partial charge in [0.25, 0.3) is 0 Å². The van der Waals surface area contributed by atoms with Gasteiger partial charge in [-0.15, -0.1) is 0 Å². The van der Waals surface area contributed by atoms with Gasteiger partial charge < -0.3 is 24.5 Å². The molecule has 0 spiro atoms. The third-order valence-electron chi connectivity index (χ3n) is 3.22. The number of methoxy groups -OCH3 is 1. The van der Waals surface area contributed by atoms with Crippen LogP contribution in [0.1, 0.15) is 19.1 Å². The summed E-state index contributed by atoms with van der Waals surface area (Å²) in [6.07, 6.45) is 2.36. The van der Waals surface area contributed by atoms with E-state index in [1.165, 1.54) is 0 Å². The van der Waals surface area contributed by atoms with E-state index in [1.807, 2.05) is 13.0 Å². The highest BCUT2D eigenvalue weighted by Crippen LogP contribution is 2.26. The van der Waals surface area contributed by atoms with Crippen molar-refractivity contribution in [3.63, 3.8) is 0 Å². The van der Waals surface area contributed by atoms with Crippen LogP contribution in [0.4, 0.5) is 4.79 Å². The second-order valence-corrected chi connectivity index (χ2v) is 4.44. The van der Waals surface area contributed by atoms with E-state index in [9.17, 15) is 4.79 Å². The third kappa shape index (κ3) is 3.48. The number of urea groups is 1. The quantitative estimate of drug-likeness (QED) is 0.815. The number of carbonyl (C=O) groups excluding carboxylic acids is 1.